The molecule has 0 unspecified atom stereocenters. The van der Waals surface area contributed by atoms with Crippen LogP contribution in [0.2, 0.25) is 0 Å². The van der Waals surface area contributed by atoms with E-state index in [4.69, 9.17) is 4.74 Å². The lowest BCUT2D eigenvalue weighted by Crippen LogP contribution is -2.42. The van der Waals surface area contributed by atoms with E-state index in [2.05, 4.69) is 55.9 Å². The maximum Gasteiger partial charge on any atom is 0.407 e. The lowest BCUT2D eigenvalue weighted by atomic mass is 9.74. The molecule has 1 aliphatic carbocycles. The largest absolute Gasteiger partial charge is 0.444 e. The van der Waals surface area contributed by atoms with Gasteiger partial charge < -0.3 is 15.0 Å². The Morgan fingerprint density at radius 1 is 1.29 bits per heavy atom. The molecule has 5 nitrogen and oxygen atoms in total. The Hall–Kier alpha value is -1.63. The summed E-state index contributed by atoms with van der Waals surface area (Å²) in [4.78, 5) is 26.1. The number of amides is 1. The molecule has 1 aromatic carbocycles. The van der Waals surface area contributed by atoms with Crippen LogP contribution in [0.3, 0.4) is 0 Å². The van der Waals surface area contributed by atoms with Gasteiger partial charge in [-0.05, 0) is 91.9 Å². The molecule has 2 aliphatic rings. The summed E-state index contributed by atoms with van der Waals surface area (Å²) in [6, 6.07) is 3.49. The zero-order valence-electron chi connectivity index (χ0n) is 20.5. The van der Waals surface area contributed by atoms with Crippen LogP contribution in [-0.2, 0) is 16.0 Å². The molecule has 0 spiro atoms. The number of halogens is 3. The van der Waals surface area contributed by atoms with Gasteiger partial charge in [-0.25, -0.2) is 14.0 Å². The predicted molar refractivity (Wildman–Crippen MR) is 142 cm³/mol. The third-order valence-electron chi connectivity index (χ3n) is 6.42. The molecule has 1 aliphatic heterocycles. The average Bonchev–Trinajstić information content (AvgIpc) is 2.73. The van der Waals surface area contributed by atoms with E-state index in [-0.39, 0.29) is 12.6 Å². The van der Waals surface area contributed by atoms with Crippen molar-refractivity contribution < 1.29 is 18.7 Å². The number of hydrogen-bond donors (Lipinski definition) is 1. The van der Waals surface area contributed by atoms with Gasteiger partial charge >= 0.3 is 6.09 Å². The highest BCUT2D eigenvalue weighted by Gasteiger charge is 2.37. The predicted octanol–water partition coefficient (Wildman–Crippen LogP) is 6.90. The number of carbonyl (C=O) groups is 1. The Kier molecular flexibility index (Phi) is 8.37. The molecule has 0 radical (unpaired) electrons. The molecular formula is C26H33Br2FN2O3. The molecule has 8 heteroatoms. The summed E-state index contributed by atoms with van der Waals surface area (Å²) < 4.78 is 21.0. The number of hydrogen-bond acceptors (Lipinski definition) is 4. The summed E-state index contributed by atoms with van der Waals surface area (Å²) in [7, 11) is 0. The summed E-state index contributed by atoms with van der Waals surface area (Å²) in [6.45, 7) is 10.2. The molecule has 1 N–H and O–H groups in total. The van der Waals surface area contributed by atoms with Crippen LogP contribution >= 0.6 is 31.9 Å². The van der Waals surface area contributed by atoms with Crippen LogP contribution in [0.1, 0.15) is 71.4 Å². The third kappa shape index (κ3) is 6.13. The number of nitrogens with one attached hydrogen (secondary N) is 1. The first-order chi connectivity index (χ1) is 15.9. The first-order valence-electron chi connectivity index (χ1n) is 11.7. The monoisotopic (exact) mass is 598 g/mol. The van der Waals surface area contributed by atoms with E-state index in [9.17, 15) is 9.59 Å². The minimum absolute atomic E-state index is 0.240. The molecule has 0 atom stereocenters. The fourth-order valence-electron chi connectivity index (χ4n) is 4.61. The van der Waals surface area contributed by atoms with Gasteiger partial charge in [0.05, 0.1) is 15.7 Å². The lowest BCUT2D eigenvalue weighted by Gasteiger charge is -2.44. The van der Waals surface area contributed by atoms with Gasteiger partial charge in [-0.3, -0.25) is 0 Å². The van der Waals surface area contributed by atoms with Gasteiger partial charge in [0, 0.05) is 29.2 Å². The van der Waals surface area contributed by atoms with E-state index in [1.165, 1.54) is 6.07 Å². The Bertz CT molecular complexity index is 1030. The van der Waals surface area contributed by atoms with Crippen molar-refractivity contribution in [3.8, 4) is 0 Å². The Morgan fingerprint density at radius 3 is 2.50 bits per heavy atom. The standard InChI is InChI=1S/C26H33Br2FN2O3/c1-25(2,3)34-24(33)30-11-8-16-12-21-18(13-20(16)29)19(15-32)23(28)22(14-27)31(21)17-6-9-26(4,5)10-7-17/h12-13,17H,6-11,14H2,1-5H3,(H,30,33). The number of alkyl halides is 1. The second-order valence-corrected chi connectivity index (χ2v) is 12.1. The number of ether oxygens (including phenoxy) is 1. The van der Waals surface area contributed by atoms with E-state index in [1.54, 1.807) is 20.8 Å². The molecule has 34 heavy (non-hydrogen) atoms. The van der Waals surface area contributed by atoms with Gasteiger partial charge in [-0.1, -0.05) is 29.8 Å². The summed E-state index contributed by atoms with van der Waals surface area (Å²) in [6.07, 6.45) is 3.99. The summed E-state index contributed by atoms with van der Waals surface area (Å²) in [5.41, 5.74) is 2.81. The van der Waals surface area contributed by atoms with Crippen molar-refractivity contribution in [2.45, 2.75) is 78.4 Å². The van der Waals surface area contributed by atoms with Crippen LogP contribution in [0.15, 0.2) is 22.3 Å². The highest BCUT2D eigenvalue weighted by atomic mass is 79.9. The van der Waals surface area contributed by atoms with Gasteiger partial charge in [0.25, 0.3) is 0 Å². The molecule has 1 fully saturated rings. The van der Waals surface area contributed by atoms with E-state index < -0.39 is 17.5 Å². The van der Waals surface area contributed by atoms with Crippen LogP contribution in [0.4, 0.5) is 14.9 Å². The van der Waals surface area contributed by atoms with Crippen molar-refractivity contribution in [3.05, 3.63) is 39.3 Å². The molecule has 1 saturated carbocycles. The highest BCUT2D eigenvalue weighted by Crippen LogP contribution is 2.47. The van der Waals surface area contributed by atoms with E-state index >= 15 is 4.39 Å². The van der Waals surface area contributed by atoms with Crippen molar-refractivity contribution in [3.63, 3.8) is 0 Å². The summed E-state index contributed by atoms with van der Waals surface area (Å²) in [5.74, 6) is 1.60. The summed E-state index contributed by atoms with van der Waals surface area (Å²) >= 11 is 7.19. The van der Waals surface area contributed by atoms with Crippen LogP contribution in [0.5, 0.6) is 0 Å². The van der Waals surface area contributed by atoms with Crippen LogP contribution in [0.25, 0.3) is 5.57 Å². The first kappa shape index (κ1) is 27.0. The lowest BCUT2D eigenvalue weighted by molar-refractivity contribution is 0.0528. The maximum atomic E-state index is 15.1. The Labute approximate surface area is 218 Å². The number of benzene rings is 1. The van der Waals surface area contributed by atoms with Crippen LogP contribution < -0.4 is 10.2 Å². The molecule has 186 valence electrons. The zero-order valence-corrected chi connectivity index (χ0v) is 23.7. The first-order valence-corrected chi connectivity index (χ1v) is 13.6. The second kappa shape index (κ2) is 10.5. The fourth-order valence-corrected chi connectivity index (χ4v) is 6.16. The minimum Gasteiger partial charge on any atom is -0.444 e. The average molecular weight is 600 g/mol. The number of allylic oxidation sites excluding steroid dienone is 3. The van der Waals surface area contributed by atoms with E-state index in [1.807, 2.05) is 12.0 Å². The molecular weight excluding hydrogens is 567 g/mol. The maximum absolute atomic E-state index is 15.1. The number of anilines is 1. The SMILES string of the molecule is CC1(C)CCC(N2C(CBr)=C(Br)C(=C=O)c3cc(F)c(CCNC(=O)OC(C)(C)C)cc32)CC1. The minimum atomic E-state index is -0.598. The highest BCUT2D eigenvalue weighted by molar-refractivity contribution is 9.12. The molecule has 0 bridgehead atoms. The van der Waals surface area contributed by atoms with Crippen molar-refractivity contribution in [2.75, 3.05) is 16.8 Å². The molecule has 1 aromatic rings. The third-order valence-corrected chi connectivity index (χ3v) is 7.81. The second-order valence-electron chi connectivity index (χ2n) is 10.8. The van der Waals surface area contributed by atoms with Crippen LogP contribution in [0, 0.1) is 11.2 Å². The van der Waals surface area contributed by atoms with E-state index in [0.29, 0.717) is 38.3 Å². The van der Waals surface area contributed by atoms with Gasteiger partial charge in [-0.2, -0.15) is 0 Å². The molecule has 0 saturated heterocycles. The van der Waals surface area contributed by atoms with Gasteiger partial charge in [0.15, 0.2) is 0 Å². The fraction of sp³-hybridized carbons (Fsp3) is 0.577. The van der Waals surface area contributed by atoms with Gasteiger partial charge in [-0.15, -0.1) is 0 Å². The van der Waals surface area contributed by atoms with Crippen LogP contribution in [-0.4, -0.2) is 35.6 Å². The number of alkyl carbamates (subject to hydrolysis) is 1. The zero-order chi connectivity index (χ0) is 25.3. The topological polar surface area (TPSA) is 58.6 Å². The number of fused-ring (bicyclic) bond motifs is 1. The van der Waals surface area contributed by atoms with Crippen molar-refractivity contribution in [1.29, 1.82) is 0 Å². The Balaban J connectivity index is 1.93. The summed E-state index contributed by atoms with van der Waals surface area (Å²) in [5, 5.41) is 3.24. The smallest absolute Gasteiger partial charge is 0.407 e. The number of nitrogens with zero attached hydrogens (tertiary/aromatic N) is 1. The van der Waals surface area contributed by atoms with Gasteiger partial charge in [0.1, 0.15) is 17.4 Å². The number of rotatable bonds is 5. The van der Waals surface area contributed by atoms with Crippen molar-refractivity contribution in [2.24, 2.45) is 5.41 Å². The molecule has 1 heterocycles. The molecule has 0 aromatic heterocycles. The Morgan fingerprint density at radius 2 is 1.94 bits per heavy atom. The van der Waals surface area contributed by atoms with Gasteiger partial charge in [0.2, 0.25) is 0 Å². The quantitative estimate of drug-likeness (QED) is 0.295. The normalized spacial score (nSPS) is 18.5. The van der Waals surface area contributed by atoms with E-state index in [0.717, 1.165) is 37.1 Å². The van der Waals surface area contributed by atoms with Crippen molar-refractivity contribution >= 4 is 55.2 Å². The van der Waals surface area contributed by atoms with Crippen molar-refractivity contribution in [1.82, 2.24) is 5.32 Å². The molecule has 3 rings (SSSR count). The molecule has 1 amide bonds. The number of carbonyl (C=O) groups excluding carboxylic acids is 2.